The van der Waals surface area contributed by atoms with Crippen LogP contribution in [0, 0.1) is 5.92 Å². The number of hydrogen-bond donors (Lipinski definition) is 1. The first-order chi connectivity index (χ1) is 14.0. The van der Waals surface area contributed by atoms with E-state index in [4.69, 9.17) is 18.5 Å². The maximum absolute atomic E-state index is 13.5. The number of esters is 1. The first kappa shape index (κ1) is 21.7. The predicted molar refractivity (Wildman–Crippen MR) is 106 cm³/mol. The quantitative estimate of drug-likeness (QED) is 0.357. The highest BCUT2D eigenvalue weighted by Gasteiger charge is 2.43. The van der Waals surface area contributed by atoms with Gasteiger partial charge < -0.3 is 23.6 Å². The zero-order valence-electron chi connectivity index (χ0n) is 16.2. The van der Waals surface area contributed by atoms with Crippen molar-refractivity contribution in [2.24, 2.45) is 5.92 Å². The van der Waals surface area contributed by atoms with Crippen molar-refractivity contribution in [1.29, 1.82) is 0 Å². The van der Waals surface area contributed by atoms with E-state index in [9.17, 15) is 14.5 Å². The van der Waals surface area contributed by atoms with E-state index in [0.29, 0.717) is 0 Å². The van der Waals surface area contributed by atoms with Crippen molar-refractivity contribution in [1.82, 2.24) is 0 Å². The molecule has 1 unspecified atom stereocenters. The predicted octanol–water partition coefficient (Wildman–Crippen LogP) is 3.51. The molecule has 156 valence electrons. The summed E-state index contributed by atoms with van der Waals surface area (Å²) < 4.78 is 34.8. The third-order valence-corrected chi connectivity index (χ3v) is 6.60. The molecular formula is C21H25O7P. The van der Waals surface area contributed by atoms with Gasteiger partial charge in [0.15, 0.2) is 12.4 Å². The maximum Gasteiger partial charge on any atom is 0.332 e. The first-order valence-electron chi connectivity index (χ1n) is 9.36. The van der Waals surface area contributed by atoms with Crippen molar-refractivity contribution < 1.29 is 33.0 Å². The van der Waals surface area contributed by atoms with Gasteiger partial charge in [0.2, 0.25) is 0 Å². The van der Waals surface area contributed by atoms with Crippen LogP contribution in [0.1, 0.15) is 17.5 Å². The highest BCUT2D eigenvalue weighted by atomic mass is 31.2. The van der Waals surface area contributed by atoms with E-state index in [0.717, 1.165) is 11.1 Å². The molecular weight excluding hydrogens is 395 g/mol. The van der Waals surface area contributed by atoms with Crippen molar-refractivity contribution in [2.45, 2.75) is 32.0 Å². The van der Waals surface area contributed by atoms with Crippen molar-refractivity contribution in [2.75, 3.05) is 13.3 Å². The first-order valence-corrected chi connectivity index (χ1v) is 11.1. The lowest BCUT2D eigenvalue weighted by Crippen LogP contribution is -2.27. The second kappa shape index (κ2) is 10.1. The number of rotatable bonds is 10. The highest BCUT2D eigenvalue weighted by molar-refractivity contribution is 7.53. The number of carbonyl (C=O) groups excluding carboxylic acids is 1. The minimum Gasteiger partial charge on any atom is -0.457 e. The van der Waals surface area contributed by atoms with Gasteiger partial charge in [0, 0.05) is 13.5 Å². The lowest BCUT2D eigenvalue weighted by molar-refractivity contribution is -0.169. The molecule has 8 heteroatoms. The van der Waals surface area contributed by atoms with Gasteiger partial charge in [-0.15, -0.1) is 0 Å². The average Bonchev–Trinajstić information content (AvgIpc) is 3.12. The summed E-state index contributed by atoms with van der Waals surface area (Å²) in [7, 11) is -2.30. The fourth-order valence-corrected chi connectivity index (χ4v) is 4.87. The number of aliphatic hydroxyl groups is 1. The summed E-state index contributed by atoms with van der Waals surface area (Å²) >= 11 is 0. The SMILES string of the molecule is COC(O)[C@@H]1C[C@@H](CP(=O)(OCc2ccccc2)OCc2ccccc2)C(=O)O1. The molecule has 0 radical (unpaired) electrons. The van der Waals surface area contributed by atoms with Gasteiger partial charge in [-0.25, -0.2) is 0 Å². The molecule has 0 bridgehead atoms. The van der Waals surface area contributed by atoms with Gasteiger partial charge >= 0.3 is 13.6 Å². The van der Waals surface area contributed by atoms with Crippen LogP contribution in [0.4, 0.5) is 0 Å². The van der Waals surface area contributed by atoms with Crippen LogP contribution in [0.3, 0.4) is 0 Å². The van der Waals surface area contributed by atoms with Gasteiger partial charge in [-0.05, 0) is 11.1 Å². The van der Waals surface area contributed by atoms with Crippen LogP contribution in [-0.4, -0.2) is 36.7 Å². The summed E-state index contributed by atoms with van der Waals surface area (Å²) in [6, 6.07) is 18.6. The van der Waals surface area contributed by atoms with Gasteiger partial charge in [-0.1, -0.05) is 60.7 Å². The molecule has 7 nitrogen and oxygen atoms in total. The molecule has 0 amide bonds. The normalized spacial score (nSPS) is 20.4. The van der Waals surface area contributed by atoms with Crippen LogP contribution < -0.4 is 0 Å². The Hall–Kier alpha value is -2.02. The molecule has 0 saturated carbocycles. The Bertz CT molecular complexity index is 780. The molecule has 29 heavy (non-hydrogen) atoms. The van der Waals surface area contributed by atoms with E-state index < -0.39 is 31.9 Å². The summed E-state index contributed by atoms with van der Waals surface area (Å²) in [4.78, 5) is 12.2. The molecule has 1 N–H and O–H groups in total. The van der Waals surface area contributed by atoms with Gasteiger partial charge in [0.25, 0.3) is 0 Å². The van der Waals surface area contributed by atoms with Gasteiger partial charge in [-0.3, -0.25) is 9.36 Å². The Kier molecular flexibility index (Phi) is 7.58. The van der Waals surface area contributed by atoms with E-state index in [1.807, 2.05) is 60.7 Å². The van der Waals surface area contributed by atoms with Crippen molar-refractivity contribution in [3.8, 4) is 0 Å². The fraction of sp³-hybridized carbons (Fsp3) is 0.381. The van der Waals surface area contributed by atoms with Gasteiger partial charge in [0.1, 0.15) is 0 Å². The zero-order chi connectivity index (χ0) is 20.7. The molecule has 3 rings (SSSR count). The molecule has 2 aromatic rings. The summed E-state index contributed by atoms with van der Waals surface area (Å²) in [5.41, 5.74) is 1.69. The van der Waals surface area contributed by atoms with Crippen LogP contribution in [0.5, 0.6) is 0 Å². The summed E-state index contributed by atoms with van der Waals surface area (Å²) in [5.74, 6) is -1.25. The number of benzene rings is 2. The number of hydrogen-bond acceptors (Lipinski definition) is 7. The van der Waals surface area contributed by atoms with E-state index in [2.05, 4.69) is 0 Å². The van der Waals surface area contributed by atoms with Crippen LogP contribution in [0.2, 0.25) is 0 Å². The van der Waals surface area contributed by atoms with E-state index in [1.54, 1.807) is 0 Å². The smallest absolute Gasteiger partial charge is 0.332 e. The third kappa shape index (κ3) is 6.23. The van der Waals surface area contributed by atoms with E-state index in [1.165, 1.54) is 7.11 Å². The highest BCUT2D eigenvalue weighted by Crippen LogP contribution is 2.52. The van der Waals surface area contributed by atoms with Crippen molar-refractivity contribution in [3.05, 3.63) is 71.8 Å². The molecule has 0 spiro atoms. The monoisotopic (exact) mass is 420 g/mol. The van der Waals surface area contributed by atoms with Crippen LogP contribution in [0.25, 0.3) is 0 Å². The molecule has 1 heterocycles. The minimum atomic E-state index is -3.63. The summed E-state index contributed by atoms with van der Waals surface area (Å²) in [6.45, 7) is 0.192. The second-order valence-electron chi connectivity index (χ2n) is 6.85. The molecule has 1 aliphatic rings. The topological polar surface area (TPSA) is 91.3 Å². The van der Waals surface area contributed by atoms with Crippen LogP contribution in [0.15, 0.2) is 60.7 Å². The number of aliphatic hydroxyl groups excluding tert-OH is 1. The molecule has 0 aromatic heterocycles. The standard InChI is InChI=1S/C21H25O7P/c1-25-21(23)19-12-18(20(22)28-19)15-29(24,26-13-16-8-4-2-5-9-16)27-14-17-10-6-3-7-11-17/h2-11,18-19,21,23H,12-15H2,1H3/t18-,19-,21?/m0/s1. The van der Waals surface area contributed by atoms with E-state index >= 15 is 0 Å². The van der Waals surface area contributed by atoms with Crippen LogP contribution in [-0.2, 0) is 41.1 Å². The maximum atomic E-state index is 13.5. The molecule has 1 aliphatic heterocycles. The molecule has 1 saturated heterocycles. The minimum absolute atomic E-state index is 0.0960. The summed E-state index contributed by atoms with van der Waals surface area (Å²) in [5, 5.41) is 9.76. The number of methoxy groups -OCH3 is 1. The number of ether oxygens (including phenoxy) is 2. The molecule has 1 fully saturated rings. The Morgan fingerprint density at radius 1 is 1.03 bits per heavy atom. The Labute approximate surface area is 170 Å². The Morgan fingerprint density at radius 2 is 1.55 bits per heavy atom. The van der Waals surface area contributed by atoms with Crippen molar-refractivity contribution in [3.63, 3.8) is 0 Å². The molecule has 0 aliphatic carbocycles. The van der Waals surface area contributed by atoms with Gasteiger partial charge in [0.05, 0.1) is 25.3 Å². The second-order valence-corrected chi connectivity index (χ2v) is 8.95. The van der Waals surface area contributed by atoms with Crippen LogP contribution >= 0.6 is 7.60 Å². The lowest BCUT2D eigenvalue weighted by atomic mass is 10.1. The van der Waals surface area contributed by atoms with Gasteiger partial charge in [-0.2, -0.15) is 0 Å². The number of carbonyl (C=O) groups is 1. The van der Waals surface area contributed by atoms with Crippen molar-refractivity contribution >= 4 is 13.6 Å². The van der Waals surface area contributed by atoms with E-state index in [-0.39, 0.29) is 25.8 Å². The largest absolute Gasteiger partial charge is 0.457 e. The number of cyclic esters (lactones) is 1. The zero-order valence-corrected chi connectivity index (χ0v) is 17.1. The third-order valence-electron chi connectivity index (χ3n) is 4.66. The molecule has 3 atom stereocenters. The Morgan fingerprint density at radius 3 is 2.03 bits per heavy atom. The fourth-order valence-electron chi connectivity index (χ4n) is 3.05. The lowest BCUT2D eigenvalue weighted by Gasteiger charge is -2.20. The summed E-state index contributed by atoms with van der Waals surface area (Å²) in [6.07, 6.45) is -1.97. The average molecular weight is 420 g/mol. The Balaban J connectivity index is 1.69. The molecule has 2 aromatic carbocycles.